The van der Waals surface area contributed by atoms with Crippen molar-refractivity contribution in [3.63, 3.8) is 0 Å². The van der Waals surface area contributed by atoms with Crippen LogP contribution in [-0.4, -0.2) is 9.97 Å². The molecule has 0 saturated carbocycles. The quantitative estimate of drug-likeness (QED) is 0.675. The SMILES string of the molecule is CC.CC.Nc1nccc2[nH]ccc12. The molecule has 0 unspecified atom stereocenters. The average Bonchev–Trinajstić information content (AvgIpc) is 2.73. The topological polar surface area (TPSA) is 54.7 Å². The highest BCUT2D eigenvalue weighted by atomic mass is 14.8. The number of nitrogens with zero attached hydrogens (tertiary/aromatic N) is 1. The van der Waals surface area contributed by atoms with Gasteiger partial charge < -0.3 is 10.7 Å². The molecule has 2 aromatic rings. The molecule has 0 amide bonds. The Hall–Kier alpha value is -1.51. The summed E-state index contributed by atoms with van der Waals surface area (Å²) in [5.41, 5.74) is 6.60. The predicted octanol–water partition coefficient (Wildman–Crippen LogP) is 3.20. The van der Waals surface area contributed by atoms with Crippen molar-refractivity contribution in [1.29, 1.82) is 0 Å². The van der Waals surface area contributed by atoms with Crippen LogP contribution in [0.5, 0.6) is 0 Å². The second kappa shape index (κ2) is 6.95. The zero-order valence-corrected chi connectivity index (χ0v) is 9.33. The van der Waals surface area contributed by atoms with Gasteiger partial charge in [0.15, 0.2) is 0 Å². The second-order valence-corrected chi connectivity index (χ2v) is 2.14. The minimum absolute atomic E-state index is 0.582. The number of nitrogens with one attached hydrogen (secondary N) is 1. The third-order valence-corrected chi connectivity index (χ3v) is 1.51. The Balaban J connectivity index is 0.000000379. The Morgan fingerprint density at radius 2 is 1.79 bits per heavy atom. The van der Waals surface area contributed by atoms with Crippen molar-refractivity contribution in [3.8, 4) is 0 Å². The Morgan fingerprint density at radius 1 is 1.14 bits per heavy atom. The van der Waals surface area contributed by atoms with Crippen LogP contribution < -0.4 is 5.73 Å². The normalized spacial score (nSPS) is 8.29. The van der Waals surface area contributed by atoms with Gasteiger partial charge in [0.2, 0.25) is 0 Å². The minimum atomic E-state index is 0.582. The number of nitrogen functional groups attached to an aromatic ring is 1. The van der Waals surface area contributed by atoms with E-state index >= 15 is 0 Å². The summed E-state index contributed by atoms with van der Waals surface area (Å²) in [6.07, 6.45) is 3.54. The number of aromatic nitrogens is 2. The van der Waals surface area contributed by atoms with Crippen LogP contribution in [0.15, 0.2) is 24.5 Å². The maximum atomic E-state index is 5.57. The first-order valence-corrected chi connectivity index (χ1v) is 5.05. The van der Waals surface area contributed by atoms with Crippen molar-refractivity contribution in [3.05, 3.63) is 24.5 Å². The highest BCUT2D eigenvalue weighted by Gasteiger charge is 1.95. The van der Waals surface area contributed by atoms with Gasteiger partial charge in [-0.1, -0.05) is 27.7 Å². The van der Waals surface area contributed by atoms with Crippen molar-refractivity contribution in [2.45, 2.75) is 27.7 Å². The lowest BCUT2D eigenvalue weighted by Crippen LogP contribution is -1.88. The second-order valence-electron chi connectivity index (χ2n) is 2.14. The smallest absolute Gasteiger partial charge is 0.132 e. The minimum Gasteiger partial charge on any atom is -0.383 e. The number of H-pyrrole nitrogens is 1. The number of aromatic amines is 1. The van der Waals surface area contributed by atoms with E-state index in [1.165, 1.54) is 0 Å². The van der Waals surface area contributed by atoms with E-state index in [1.54, 1.807) is 6.20 Å². The van der Waals surface area contributed by atoms with E-state index in [0.717, 1.165) is 10.9 Å². The number of hydrogen-bond acceptors (Lipinski definition) is 2. The fourth-order valence-corrected chi connectivity index (χ4v) is 1.01. The summed E-state index contributed by atoms with van der Waals surface area (Å²) < 4.78 is 0. The Kier molecular flexibility index (Phi) is 6.20. The van der Waals surface area contributed by atoms with Crippen LogP contribution in [0.3, 0.4) is 0 Å². The van der Waals surface area contributed by atoms with E-state index in [-0.39, 0.29) is 0 Å². The van der Waals surface area contributed by atoms with Gasteiger partial charge in [-0.05, 0) is 12.1 Å². The molecule has 2 heterocycles. The molecule has 2 aromatic heterocycles. The zero-order chi connectivity index (χ0) is 11.0. The zero-order valence-electron chi connectivity index (χ0n) is 9.33. The molecule has 0 aromatic carbocycles. The molecule has 0 fully saturated rings. The number of pyridine rings is 1. The third-order valence-electron chi connectivity index (χ3n) is 1.51. The maximum Gasteiger partial charge on any atom is 0.132 e. The fraction of sp³-hybridized carbons (Fsp3) is 0.364. The largest absolute Gasteiger partial charge is 0.383 e. The van der Waals surface area contributed by atoms with Gasteiger partial charge in [-0.3, -0.25) is 0 Å². The van der Waals surface area contributed by atoms with Crippen LogP contribution in [0, 0.1) is 0 Å². The molecule has 0 spiro atoms. The summed E-state index contributed by atoms with van der Waals surface area (Å²) >= 11 is 0. The molecule has 0 atom stereocenters. The highest BCUT2D eigenvalue weighted by Crippen LogP contribution is 2.15. The predicted molar refractivity (Wildman–Crippen MR) is 63.2 cm³/mol. The Bertz CT molecular complexity index is 352. The standard InChI is InChI=1S/C7H7N3.2C2H6/c8-7-5-1-3-9-6(5)2-4-10-7;2*1-2/h1-4,9H,(H2,8,10);2*1-2H3. The lowest BCUT2D eigenvalue weighted by Gasteiger charge is -1.91. The fourth-order valence-electron chi connectivity index (χ4n) is 1.01. The molecule has 0 saturated heterocycles. The monoisotopic (exact) mass is 193 g/mol. The summed E-state index contributed by atoms with van der Waals surface area (Å²) in [4.78, 5) is 6.98. The molecule has 2 rings (SSSR count). The number of rotatable bonds is 0. The van der Waals surface area contributed by atoms with Crippen LogP contribution in [0.25, 0.3) is 10.9 Å². The van der Waals surface area contributed by atoms with Crippen LogP contribution in [0.1, 0.15) is 27.7 Å². The molecule has 3 N–H and O–H groups in total. The molecule has 0 aliphatic rings. The Labute approximate surface area is 85.4 Å². The van der Waals surface area contributed by atoms with Crippen molar-refractivity contribution >= 4 is 16.7 Å². The van der Waals surface area contributed by atoms with Gasteiger partial charge in [0.1, 0.15) is 5.82 Å². The van der Waals surface area contributed by atoms with Crippen LogP contribution >= 0.6 is 0 Å². The van der Waals surface area contributed by atoms with E-state index in [4.69, 9.17) is 5.73 Å². The molecule has 0 aliphatic carbocycles. The molecule has 3 nitrogen and oxygen atoms in total. The summed E-state index contributed by atoms with van der Waals surface area (Å²) in [6.45, 7) is 8.00. The van der Waals surface area contributed by atoms with E-state index in [9.17, 15) is 0 Å². The molecule has 14 heavy (non-hydrogen) atoms. The average molecular weight is 193 g/mol. The first-order chi connectivity index (χ1) is 6.88. The summed E-state index contributed by atoms with van der Waals surface area (Å²) in [5, 5.41) is 0.988. The number of anilines is 1. The molecule has 3 heteroatoms. The number of fused-ring (bicyclic) bond motifs is 1. The lowest BCUT2D eigenvalue weighted by atomic mass is 10.3. The first-order valence-electron chi connectivity index (χ1n) is 5.05. The summed E-state index contributed by atoms with van der Waals surface area (Å²) in [5.74, 6) is 0.582. The highest BCUT2D eigenvalue weighted by molar-refractivity contribution is 5.88. The third kappa shape index (κ3) is 2.76. The van der Waals surface area contributed by atoms with Crippen molar-refractivity contribution in [2.24, 2.45) is 0 Å². The van der Waals surface area contributed by atoms with Gasteiger partial charge in [-0.2, -0.15) is 0 Å². The summed E-state index contributed by atoms with van der Waals surface area (Å²) in [6, 6.07) is 3.81. The van der Waals surface area contributed by atoms with Gasteiger partial charge >= 0.3 is 0 Å². The van der Waals surface area contributed by atoms with Gasteiger partial charge in [-0.15, -0.1) is 0 Å². The van der Waals surface area contributed by atoms with Gasteiger partial charge in [0.25, 0.3) is 0 Å². The van der Waals surface area contributed by atoms with E-state index in [2.05, 4.69) is 9.97 Å². The van der Waals surface area contributed by atoms with Crippen molar-refractivity contribution < 1.29 is 0 Å². The Morgan fingerprint density at radius 3 is 2.36 bits per heavy atom. The van der Waals surface area contributed by atoms with E-state index in [0.29, 0.717) is 5.82 Å². The number of nitrogens with two attached hydrogens (primary N) is 1. The number of hydrogen-bond donors (Lipinski definition) is 2. The van der Waals surface area contributed by atoms with Crippen LogP contribution in [0.2, 0.25) is 0 Å². The molecule has 0 radical (unpaired) electrons. The molecule has 0 bridgehead atoms. The van der Waals surface area contributed by atoms with E-state index < -0.39 is 0 Å². The maximum absolute atomic E-state index is 5.57. The lowest BCUT2D eigenvalue weighted by molar-refractivity contribution is 1.36. The van der Waals surface area contributed by atoms with Crippen LogP contribution in [-0.2, 0) is 0 Å². The molecule has 78 valence electrons. The van der Waals surface area contributed by atoms with E-state index in [1.807, 2.05) is 46.0 Å². The van der Waals surface area contributed by atoms with Crippen molar-refractivity contribution in [2.75, 3.05) is 5.73 Å². The molecular formula is C11H19N3. The van der Waals surface area contributed by atoms with Gasteiger partial charge in [0.05, 0.1) is 5.52 Å². The summed E-state index contributed by atoms with van der Waals surface area (Å²) in [7, 11) is 0. The van der Waals surface area contributed by atoms with Gasteiger partial charge in [0, 0.05) is 17.8 Å². The van der Waals surface area contributed by atoms with Crippen molar-refractivity contribution in [1.82, 2.24) is 9.97 Å². The molecule has 0 aliphatic heterocycles. The first kappa shape index (κ1) is 12.5. The van der Waals surface area contributed by atoms with Gasteiger partial charge in [-0.25, -0.2) is 4.98 Å². The molecular weight excluding hydrogens is 174 g/mol. The van der Waals surface area contributed by atoms with Crippen LogP contribution in [0.4, 0.5) is 5.82 Å².